The quantitative estimate of drug-likeness (QED) is 0.481. The van der Waals surface area contributed by atoms with Gasteiger partial charge in [-0.1, -0.05) is 12.1 Å². The molecule has 1 saturated heterocycles. The van der Waals surface area contributed by atoms with Gasteiger partial charge in [-0.3, -0.25) is 0 Å². The third-order valence-electron chi connectivity index (χ3n) is 5.60. The first-order valence-electron chi connectivity index (χ1n) is 11.4. The smallest absolute Gasteiger partial charge is 0.233 e. The maximum absolute atomic E-state index is 14.2. The van der Waals surface area contributed by atoms with Gasteiger partial charge in [-0.15, -0.1) is 0 Å². The third-order valence-corrected chi connectivity index (χ3v) is 5.60. The molecule has 0 aliphatic carbocycles. The Kier molecular flexibility index (Phi) is 7.58. The van der Waals surface area contributed by atoms with E-state index in [1.165, 1.54) is 6.07 Å². The van der Waals surface area contributed by atoms with Crippen LogP contribution in [0, 0.1) is 5.82 Å². The molecule has 3 aromatic rings. The van der Waals surface area contributed by atoms with Crippen molar-refractivity contribution in [2.45, 2.75) is 13.8 Å². The fourth-order valence-electron chi connectivity index (χ4n) is 3.73. The van der Waals surface area contributed by atoms with Crippen molar-refractivity contribution in [1.29, 1.82) is 0 Å². The Balaban J connectivity index is 1.64. The zero-order chi connectivity index (χ0) is 23.9. The summed E-state index contributed by atoms with van der Waals surface area (Å²) in [5.41, 5.74) is 2.07. The van der Waals surface area contributed by atoms with Crippen molar-refractivity contribution in [3.05, 3.63) is 48.3 Å². The second-order valence-corrected chi connectivity index (χ2v) is 7.67. The Bertz CT molecular complexity index is 1100. The number of anilines is 6. The number of benzene rings is 2. The largest absolute Gasteiger partial charge is 0.494 e. The Hall–Kier alpha value is -3.66. The molecule has 0 bridgehead atoms. The lowest BCUT2D eigenvalue weighted by molar-refractivity contribution is 0.122. The van der Waals surface area contributed by atoms with E-state index in [0.717, 1.165) is 31.9 Å². The molecule has 2 N–H and O–H groups in total. The molecular weight excluding hydrogens is 437 g/mol. The van der Waals surface area contributed by atoms with E-state index in [2.05, 4.69) is 30.5 Å². The number of aromatic nitrogens is 3. The Labute approximate surface area is 198 Å². The zero-order valence-corrected chi connectivity index (χ0v) is 19.7. The normalized spacial score (nSPS) is 13.5. The molecule has 2 heterocycles. The van der Waals surface area contributed by atoms with Crippen LogP contribution >= 0.6 is 0 Å². The Morgan fingerprint density at radius 3 is 2.29 bits per heavy atom. The fraction of sp³-hybridized carbons (Fsp3) is 0.375. The van der Waals surface area contributed by atoms with Crippen molar-refractivity contribution < 1.29 is 13.9 Å². The van der Waals surface area contributed by atoms with E-state index < -0.39 is 0 Å². The molecule has 180 valence electrons. The van der Waals surface area contributed by atoms with Crippen molar-refractivity contribution in [3.8, 4) is 5.75 Å². The summed E-state index contributed by atoms with van der Waals surface area (Å²) in [5, 5.41) is 6.22. The van der Waals surface area contributed by atoms with Crippen molar-refractivity contribution >= 4 is 34.9 Å². The van der Waals surface area contributed by atoms with E-state index in [9.17, 15) is 4.39 Å². The minimum Gasteiger partial charge on any atom is -0.494 e. The van der Waals surface area contributed by atoms with Crippen LogP contribution < -0.4 is 25.2 Å². The number of rotatable bonds is 9. The summed E-state index contributed by atoms with van der Waals surface area (Å²) in [7, 11) is 1.63. The summed E-state index contributed by atoms with van der Waals surface area (Å²) in [5.74, 6) is 1.34. The molecule has 0 spiro atoms. The molecule has 2 aromatic carbocycles. The first-order chi connectivity index (χ1) is 16.6. The molecule has 0 radical (unpaired) electrons. The maximum atomic E-state index is 14.2. The van der Waals surface area contributed by atoms with Crippen LogP contribution in [0.2, 0.25) is 0 Å². The highest BCUT2D eigenvalue weighted by atomic mass is 19.1. The van der Waals surface area contributed by atoms with Crippen molar-refractivity contribution in [2.75, 3.05) is 66.9 Å². The number of nitrogens with one attached hydrogen (secondary N) is 2. The maximum Gasteiger partial charge on any atom is 0.233 e. The van der Waals surface area contributed by atoms with Crippen LogP contribution in [0.5, 0.6) is 5.75 Å². The highest BCUT2D eigenvalue weighted by molar-refractivity contribution is 5.69. The van der Waals surface area contributed by atoms with Crippen molar-refractivity contribution in [2.24, 2.45) is 0 Å². The first-order valence-corrected chi connectivity index (χ1v) is 11.4. The van der Waals surface area contributed by atoms with Gasteiger partial charge in [0.05, 0.1) is 31.7 Å². The monoisotopic (exact) mass is 467 g/mol. The van der Waals surface area contributed by atoms with E-state index in [-0.39, 0.29) is 17.5 Å². The van der Waals surface area contributed by atoms with Gasteiger partial charge in [-0.25, -0.2) is 4.39 Å². The minimum absolute atomic E-state index is 0.244. The van der Waals surface area contributed by atoms with E-state index in [4.69, 9.17) is 9.47 Å². The Morgan fingerprint density at radius 1 is 0.971 bits per heavy atom. The van der Waals surface area contributed by atoms with E-state index in [1.54, 1.807) is 25.3 Å². The molecular formula is C24H30FN7O2. The van der Waals surface area contributed by atoms with E-state index in [0.29, 0.717) is 36.5 Å². The van der Waals surface area contributed by atoms with Crippen molar-refractivity contribution in [1.82, 2.24) is 15.0 Å². The molecule has 0 atom stereocenters. The first kappa shape index (κ1) is 23.5. The van der Waals surface area contributed by atoms with Gasteiger partial charge in [0.2, 0.25) is 17.8 Å². The van der Waals surface area contributed by atoms with Crippen molar-refractivity contribution in [3.63, 3.8) is 0 Å². The molecule has 0 amide bonds. The van der Waals surface area contributed by atoms with Crippen LogP contribution in [0.25, 0.3) is 0 Å². The number of para-hydroxylation sites is 1. The third kappa shape index (κ3) is 5.45. The molecule has 1 aliphatic heterocycles. The van der Waals surface area contributed by atoms with Gasteiger partial charge >= 0.3 is 0 Å². The molecule has 1 aromatic heterocycles. The number of methoxy groups -OCH3 is 1. The highest BCUT2D eigenvalue weighted by Crippen LogP contribution is 2.32. The minimum atomic E-state index is -0.387. The number of hydrogen-bond acceptors (Lipinski definition) is 9. The van der Waals surface area contributed by atoms with Gasteiger partial charge in [0.25, 0.3) is 0 Å². The molecule has 34 heavy (non-hydrogen) atoms. The lowest BCUT2D eigenvalue weighted by Gasteiger charge is -2.29. The number of morpholine rings is 1. The number of halogens is 1. The lowest BCUT2D eigenvalue weighted by Crippen LogP contribution is -2.36. The average Bonchev–Trinajstić information content (AvgIpc) is 2.87. The van der Waals surface area contributed by atoms with Crippen LogP contribution in [0.15, 0.2) is 42.5 Å². The topological polar surface area (TPSA) is 87.7 Å². The number of ether oxygens (including phenoxy) is 2. The van der Waals surface area contributed by atoms with Gasteiger partial charge in [0.1, 0.15) is 11.6 Å². The number of nitrogens with zero attached hydrogens (tertiary/aromatic N) is 5. The SMILES string of the molecule is CCN(CC)c1nc(Nc2ccccc2F)nc(Nc2ccc(N3CCOCC3)cc2OC)n1. The Morgan fingerprint density at radius 2 is 1.65 bits per heavy atom. The van der Waals surface area contributed by atoms with Crippen LogP contribution in [-0.4, -0.2) is 61.5 Å². The van der Waals surface area contributed by atoms with Gasteiger partial charge in [-0.05, 0) is 38.1 Å². The predicted octanol–water partition coefficient (Wildman–Crippen LogP) is 4.19. The summed E-state index contributed by atoms with van der Waals surface area (Å²) < 4.78 is 25.3. The molecule has 1 aliphatic rings. The summed E-state index contributed by atoms with van der Waals surface area (Å²) in [6, 6.07) is 12.4. The zero-order valence-electron chi connectivity index (χ0n) is 19.7. The van der Waals surface area contributed by atoms with E-state index >= 15 is 0 Å². The van der Waals surface area contributed by atoms with Gasteiger partial charge < -0.3 is 29.9 Å². The molecule has 4 rings (SSSR count). The molecule has 0 unspecified atom stereocenters. The summed E-state index contributed by atoms with van der Waals surface area (Å²) in [6.45, 7) is 8.57. The summed E-state index contributed by atoms with van der Waals surface area (Å²) in [4.78, 5) is 17.8. The summed E-state index contributed by atoms with van der Waals surface area (Å²) >= 11 is 0. The lowest BCUT2D eigenvalue weighted by atomic mass is 10.2. The highest BCUT2D eigenvalue weighted by Gasteiger charge is 2.16. The van der Waals surface area contributed by atoms with Crippen LogP contribution in [-0.2, 0) is 4.74 Å². The molecule has 9 nitrogen and oxygen atoms in total. The fourth-order valence-corrected chi connectivity index (χ4v) is 3.73. The van der Waals surface area contributed by atoms with E-state index in [1.807, 2.05) is 36.9 Å². The standard InChI is InChI=1S/C24H30FN7O2/c1-4-31(5-2)24-29-22(26-19-9-7-6-8-18(19)25)28-23(30-24)27-20-11-10-17(16-21(20)33-3)32-12-14-34-15-13-32/h6-11,16H,4-5,12-15H2,1-3H3,(H2,26,27,28,29,30). The second-order valence-electron chi connectivity index (χ2n) is 7.67. The summed E-state index contributed by atoms with van der Waals surface area (Å²) in [6.07, 6.45) is 0. The average molecular weight is 468 g/mol. The van der Waals surface area contributed by atoms with Gasteiger partial charge in [-0.2, -0.15) is 15.0 Å². The molecule has 0 saturated carbocycles. The predicted molar refractivity (Wildman–Crippen MR) is 132 cm³/mol. The van der Waals surface area contributed by atoms with Gasteiger partial charge in [0.15, 0.2) is 0 Å². The number of hydrogen-bond donors (Lipinski definition) is 2. The van der Waals surface area contributed by atoms with Crippen LogP contribution in [0.3, 0.4) is 0 Å². The van der Waals surface area contributed by atoms with Crippen LogP contribution in [0.4, 0.5) is 39.3 Å². The molecule has 1 fully saturated rings. The van der Waals surface area contributed by atoms with Crippen LogP contribution in [0.1, 0.15) is 13.8 Å². The van der Waals surface area contributed by atoms with Gasteiger partial charge in [0, 0.05) is 37.9 Å². The second kappa shape index (κ2) is 11.0. The molecule has 10 heteroatoms.